The van der Waals surface area contributed by atoms with Gasteiger partial charge in [0.25, 0.3) is 10.0 Å². The van der Waals surface area contributed by atoms with Crippen LogP contribution in [0.25, 0.3) is 0 Å². The van der Waals surface area contributed by atoms with E-state index in [-0.39, 0.29) is 33.8 Å². The summed E-state index contributed by atoms with van der Waals surface area (Å²) >= 11 is 6.25. The summed E-state index contributed by atoms with van der Waals surface area (Å²) in [6.45, 7) is 6.68. The van der Waals surface area contributed by atoms with Crippen molar-refractivity contribution >= 4 is 39.1 Å². The Balaban J connectivity index is 2.08. The number of nitrogens with zero attached hydrogens (tertiary/aromatic N) is 2. The summed E-state index contributed by atoms with van der Waals surface area (Å²) in [4.78, 5) is 28.5. The lowest BCUT2D eigenvalue weighted by atomic mass is 10.1. The predicted molar refractivity (Wildman–Crippen MR) is 153 cm³/mol. The van der Waals surface area contributed by atoms with Gasteiger partial charge in [-0.3, -0.25) is 13.9 Å². The van der Waals surface area contributed by atoms with Crippen molar-refractivity contribution in [2.24, 2.45) is 0 Å². The van der Waals surface area contributed by atoms with Crippen molar-refractivity contribution in [2.75, 3.05) is 18.0 Å². The molecule has 0 saturated heterocycles. The average Bonchev–Trinajstić information content (AvgIpc) is 2.89. The van der Waals surface area contributed by atoms with Crippen LogP contribution >= 0.6 is 11.6 Å². The Bertz CT molecular complexity index is 1390. The zero-order valence-corrected chi connectivity index (χ0v) is 24.3. The first-order valence-corrected chi connectivity index (χ1v) is 14.2. The van der Waals surface area contributed by atoms with Crippen molar-refractivity contribution < 1.29 is 22.7 Å². The van der Waals surface area contributed by atoms with Crippen LogP contribution in [0.2, 0.25) is 5.02 Å². The number of amides is 2. The van der Waals surface area contributed by atoms with Crippen LogP contribution in [0.5, 0.6) is 5.75 Å². The summed E-state index contributed by atoms with van der Waals surface area (Å²) in [7, 11) is -2.83. The Labute approximate surface area is 235 Å². The monoisotopic (exact) mass is 571 g/mol. The number of sulfonamides is 1. The molecule has 0 radical (unpaired) electrons. The standard InChI is InChI=1S/C29H34ClN3O5S/c1-21(28(35)31-29(2,3)4)32(19-22-12-8-6-9-13-22)27(34)20-33(25-18-23(30)16-17-26(25)38-5)39(36,37)24-14-10-7-11-15-24/h6-18,21H,19-20H2,1-5H3,(H,31,35)/t21-/m1/s1. The number of rotatable bonds is 10. The summed E-state index contributed by atoms with van der Waals surface area (Å²) in [5, 5.41) is 3.17. The van der Waals surface area contributed by atoms with Gasteiger partial charge in [-0.1, -0.05) is 60.1 Å². The minimum atomic E-state index is -4.23. The van der Waals surface area contributed by atoms with Gasteiger partial charge in [0.2, 0.25) is 11.8 Å². The molecule has 0 saturated carbocycles. The predicted octanol–water partition coefficient (Wildman–Crippen LogP) is 4.88. The third kappa shape index (κ3) is 7.74. The number of halogens is 1. The van der Waals surface area contributed by atoms with Gasteiger partial charge in [-0.25, -0.2) is 8.42 Å². The van der Waals surface area contributed by atoms with Crippen LogP contribution in [-0.4, -0.2) is 50.4 Å². The highest BCUT2D eigenvalue weighted by Gasteiger charge is 2.34. The molecule has 39 heavy (non-hydrogen) atoms. The second kappa shape index (κ2) is 12.5. The lowest BCUT2D eigenvalue weighted by Gasteiger charge is -2.33. The number of carbonyl (C=O) groups excluding carboxylic acids is 2. The molecule has 2 amide bonds. The number of methoxy groups -OCH3 is 1. The molecular weight excluding hydrogens is 538 g/mol. The van der Waals surface area contributed by atoms with Gasteiger partial charge in [0.05, 0.1) is 17.7 Å². The van der Waals surface area contributed by atoms with E-state index in [0.29, 0.717) is 0 Å². The molecule has 0 spiro atoms. The number of hydrogen-bond acceptors (Lipinski definition) is 5. The van der Waals surface area contributed by atoms with E-state index in [2.05, 4.69) is 5.32 Å². The van der Waals surface area contributed by atoms with Gasteiger partial charge in [0.1, 0.15) is 18.3 Å². The summed E-state index contributed by atoms with van der Waals surface area (Å²) in [6.07, 6.45) is 0. The molecule has 3 rings (SSSR count). The second-order valence-corrected chi connectivity index (χ2v) is 12.4. The van der Waals surface area contributed by atoms with Crippen LogP contribution in [0, 0.1) is 0 Å². The molecule has 3 aromatic rings. The normalized spacial score (nSPS) is 12.4. The van der Waals surface area contributed by atoms with Gasteiger partial charge in [-0.15, -0.1) is 0 Å². The van der Waals surface area contributed by atoms with Gasteiger partial charge in [0.15, 0.2) is 0 Å². The van der Waals surface area contributed by atoms with Crippen LogP contribution in [-0.2, 0) is 26.2 Å². The maximum absolute atomic E-state index is 14.0. The molecular formula is C29H34ClN3O5S. The molecule has 0 heterocycles. The Morgan fingerprint density at radius 1 is 0.974 bits per heavy atom. The van der Waals surface area contributed by atoms with E-state index in [4.69, 9.17) is 16.3 Å². The van der Waals surface area contributed by atoms with Crippen molar-refractivity contribution in [2.45, 2.75) is 50.7 Å². The van der Waals surface area contributed by atoms with E-state index in [1.54, 1.807) is 31.2 Å². The summed E-state index contributed by atoms with van der Waals surface area (Å²) < 4.78 is 34.2. The summed E-state index contributed by atoms with van der Waals surface area (Å²) in [6, 6.07) is 20.7. The molecule has 0 aliphatic heterocycles. The van der Waals surface area contributed by atoms with Gasteiger partial charge >= 0.3 is 0 Å². The number of hydrogen-bond donors (Lipinski definition) is 1. The zero-order chi connectivity index (χ0) is 28.8. The molecule has 0 fully saturated rings. The number of ether oxygens (including phenoxy) is 1. The van der Waals surface area contributed by atoms with Crippen molar-refractivity contribution in [3.05, 3.63) is 89.4 Å². The molecule has 208 valence electrons. The van der Waals surface area contributed by atoms with Crippen LogP contribution in [0.3, 0.4) is 0 Å². The number of carbonyl (C=O) groups is 2. The largest absolute Gasteiger partial charge is 0.495 e. The minimum absolute atomic E-state index is 0.00652. The Hall–Kier alpha value is -3.56. The Morgan fingerprint density at radius 2 is 1.56 bits per heavy atom. The topological polar surface area (TPSA) is 96.0 Å². The molecule has 10 heteroatoms. The van der Waals surface area contributed by atoms with Gasteiger partial charge in [0, 0.05) is 17.1 Å². The minimum Gasteiger partial charge on any atom is -0.495 e. The van der Waals surface area contributed by atoms with E-state index in [9.17, 15) is 18.0 Å². The van der Waals surface area contributed by atoms with Crippen LogP contribution < -0.4 is 14.4 Å². The van der Waals surface area contributed by atoms with Crippen molar-refractivity contribution in [3.8, 4) is 5.75 Å². The molecule has 1 N–H and O–H groups in total. The molecule has 0 unspecified atom stereocenters. The molecule has 0 aliphatic rings. The fourth-order valence-electron chi connectivity index (χ4n) is 3.93. The highest BCUT2D eigenvalue weighted by atomic mass is 35.5. The zero-order valence-electron chi connectivity index (χ0n) is 22.7. The van der Waals surface area contributed by atoms with Gasteiger partial charge in [-0.05, 0) is 63.6 Å². The van der Waals surface area contributed by atoms with Crippen molar-refractivity contribution in [3.63, 3.8) is 0 Å². The van der Waals surface area contributed by atoms with E-state index in [1.807, 2.05) is 51.1 Å². The fraction of sp³-hybridized carbons (Fsp3) is 0.310. The van der Waals surface area contributed by atoms with E-state index >= 15 is 0 Å². The number of nitrogens with one attached hydrogen (secondary N) is 1. The van der Waals surface area contributed by atoms with Crippen molar-refractivity contribution in [1.29, 1.82) is 0 Å². The lowest BCUT2D eigenvalue weighted by Crippen LogP contribution is -2.54. The number of benzene rings is 3. The Morgan fingerprint density at radius 3 is 2.13 bits per heavy atom. The Kier molecular flexibility index (Phi) is 9.63. The molecule has 0 bridgehead atoms. The summed E-state index contributed by atoms with van der Waals surface area (Å²) in [5.74, 6) is -0.707. The maximum atomic E-state index is 14.0. The first-order valence-electron chi connectivity index (χ1n) is 12.4. The highest BCUT2D eigenvalue weighted by Crippen LogP contribution is 2.35. The maximum Gasteiger partial charge on any atom is 0.264 e. The first-order chi connectivity index (χ1) is 18.3. The third-order valence-corrected chi connectivity index (χ3v) is 7.89. The summed E-state index contributed by atoms with van der Waals surface area (Å²) in [5.41, 5.74) is 0.372. The van der Waals surface area contributed by atoms with Crippen LogP contribution in [0.1, 0.15) is 33.3 Å². The van der Waals surface area contributed by atoms with E-state index < -0.39 is 34.1 Å². The van der Waals surface area contributed by atoms with Gasteiger partial charge < -0.3 is 15.0 Å². The fourth-order valence-corrected chi connectivity index (χ4v) is 5.53. The first kappa shape index (κ1) is 30.0. The molecule has 0 aromatic heterocycles. The smallest absolute Gasteiger partial charge is 0.264 e. The molecule has 3 aromatic carbocycles. The number of anilines is 1. The average molecular weight is 572 g/mol. The molecule has 0 aliphatic carbocycles. The SMILES string of the molecule is COc1ccc(Cl)cc1N(CC(=O)N(Cc1ccccc1)[C@H](C)C(=O)NC(C)(C)C)S(=O)(=O)c1ccccc1. The molecule has 8 nitrogen and oxygen atoms in total. The van der Waals surface area contributed by atoms with Gasteiger partial charge in [-0.2, -0.15) is 0 Å². The lowest BCUT2D eigenvalue weighted by molar-refractivity contribution is -0.140. The molecule has 1 atom stereocenters. The van der Waals surface area contributed by atoms with Crippen LogP contribution in [0.15, 0.2) is 83.8 Å². The van der Waals surface area contributed by atoms with Crippen molar-refractivity contribution in [1.82, 2.24) is 10.2 Å². The van der Waals surface area contributed by atoms with E-state index in [0.717, 1.165) is 9.87 Å². The quantitative estimate of drug-likeness (QED) is 0.374. The van der Waals surface area contributed by atoms with Crippen LogP contribution in [0.4, 0.5) is 5.69 Å². The highest BCUT2D eigenvalue weighted by molar-refractivity contribution is 7.92. The second-order valence-electron chi connectivity index (χ2n) is 10.1. The van der Waals surface area contributed by atoms with E-state index in [1.165, 1.54) is 36.3 Å². The third-order valence-electron chi connectivity index (χ3n) is 5.88.